The Hall–Kier alpha value is -3.44. The van der Waals surface area contributed by atoms with Gasteiger partial charge in [-0.05, 0) is 47.2 Å². The summed E-state index contributed by atoms with van der Waals surface area (Å²) in [5, 5.41) is 17.6. The molecule has 0 bridgehead atoms. The van der Waals surface area contributed by atoms with E-state index in [1.807, 2.05) is 20.8 Å². The quantitative estimate of drug-likeness (QED) is 0.237. The van der Waals surface area contributed by atoms with Crippen LogP contribution in [0.5, 0.6) is 11.5 Å². The lowest BCUT2D eigenvalue weighted by molar-refractivity contribution is -0.122. The van der Waals surface area contributed by atoms with Gasteiger partial charge < -0.3 is 30.5 Å². The van der Waals surface area contributed by atoms with Crippen LogP contribution in [0, 0.1) is 17.0 Å². The minimum absolute atomic E-state index is 0.0274. The number of aliphatic hydroxyl groups is 1. The molecular weight excluding hydrogens is 615 g/mol. The van der Waals surface area contributed by atoms with Crippen LogP contribution in [-0.2, 0) is 15.0 Å². The highest BCUT2D eigenvalue weighted by Crippen LogP contribution is 2.58. The van der Waals surface area contributed by atoms with Gasteiger partial charge in [-0.25, -0.2) is 8.78 Å². The first-order valence-corrected chi connectivity index (χ1v) is 14.8. The predicted molar refractivity (Wildman–Crippen MR) is 165 cm³/mol. The van der Waals surface area contributed by atoms with Gasteiger partial charge in [0.2, 0.25) is 11.8 Å². The van der Waals surface area contributed by atoms with Gasteiger partial charge in [-0.15, -0.1) is 0 Å². The van der Waals surface area contributed by atoms with Crippen molar-refractivity contribution in [2.24, 2.45) is 5.41 Å². The molecule has 8 nitrogen and oxygen atoms in total. The molecule has 3 aromatic carbocycles. The molecule has 4 N–H and O–H groups in total. The molecule has 0 aromatic heterocycles. The molecule has 0 saturated carbocycles. The van der Waals surface area contributed by atoms with Gasteiger partial charge in [-0.2, -0.15) is 0 Å². The van der Waals surface area contributed by atoms with Crippen LogP contribution in [0.1, 0.15) is 44.2 Å². The number of nitrogens with one attached hydrogen (secondary N) is 3. The molecule has 44 heavy (non-hydrogen) atoms. The Morgan fingerprint density at radius 3 is 2.50 bits per heavy atom. The van der Waals surface area contributed by atoms with E-state index < -0.39 is 46.9 Å². The third kappa shape index (κ3) is 5.49. The molecule has 5 rings (SSSR count). The standard InChI is InChI=1S/C32H33Cl2F2N3O5/c1-31(2,3)15-23-32(18-9-10-20(34)26(36)27(18)39-30(32)42)24(17-6-5-7-19(33)25(17)35)28(38-23)29(41)37-21-11-8-16(44-13-12-40)14-22(21)43-4/h5-11,14,23-24,28,38,40H,12-13,15H2,1-4H3,(H,37,41)(H,39,42). The summed E-state index contributed by atoms with van der Waals surface area (Å²) in [6, 6.07) is 10.1. The van der Waals surface area contributed by atoms with Crippen molar-refractivity contribution in [1.82, 2.24) is 5.32 Å². The molecule has 2 amide bonds. The number of carbonyl (C=O) groups is 2. The zero-order valence-corrected chi connectivity index (χ0v) is 26.1. The second-order valence-corrected chi connectivity index (χ2v) is 12.9. The lowest BCUT2D eigenvalue weighted by Crippen LogP contribution is -2.49. The van der Waals surface area contributed by atoms with Crippen molar-refractivity contribution in [2.75, 3.05) is 31.0 Å². The summed E-state index contributed by atoms with van der Waals surface area (Å²) in [6.07, 6.45) is 0.368. The van der Waals surface area contributed by atoms with Gasteiger partial charge in [0, 0.05) is 18.0 Å². The molecular formula is C32H33Cl2F2N3O5. The van der Waals surface area contributed by atoms with Crippen molar-refractivity contribution >= 4 is 46.4 Å². The van der Waals surface area contributed by atoms with Gasteiger partial charge in [-0.1, -0.05) is 62.2 Å². The summed E-state index contributed by atoms with van der Waals surface area (Å²) in [5.41, 5.74) is -1.49. The molecule has 12 heteroatoms. The van der Waals surface area contributed by atoms with E-state index in [2.05, 4.69) is 16.0 Å². The number of carbonyl (C=O) groups excluding carboxylic acids is 2. The van der Waals surface area contributed by atoms with Crippen LogP contribution >= 0.6 is 23.2 Å². The number of ether oxygens (including phenoxy) is 2. The molecule has 0 aliphatic carbocycles. The number of halogens is 4. The number of methoxy groups -OCH3 is 1. The van der Waals surface area contributed by atoms with Crippen LogP contribution in [-0.4, -0.2) is 49.3 Å². The van der Waals surface area contributed by atoms with Gasteiger partial charge in [0.1, 0.15) is 29.3 Å². The third-order valence-corrected chi connectivity index (χ3v) is 8.70. The molecule has 0 radical (unpaired) electrons. The van der Waals surface area contributed by atoms with Gasteiger partial charge in [0.25, 0.3) is 0 Å². The first-order valence-electron chi connectivity index (χ1n) is 14.1. The van der Waals surface area contributed by atoms with E-state index in [0.29, 0.717) is 17.9 Å². The molecule has 3 aromatic rings. The second-order valence-electron chi connectivity index (χ2n) is 12.1. The normalized spacial score (nSPS) is 22.6. The number of hydrogen-bond acceptors (Lipinski definition) is 6. The van der Waals surface area contributed by atoms with Crippen LogP contribution in [0.4, 0.5) is 20.2 Å². The Labute approximate surface area is 264 Å². The zero-order valence-electron chi connectivity index (χ0n) is 24.6. The Kier molecular flexibility index (Phi) is 8.83. The highest BCUT2D eigenvalue weighted by atomic mass is 35.5. The van der Waals surface area contributed by atoms with Crippen molar-refractivity contribution < 1.29 is 33.0 Å². The maximum absolute atomic E-state index is 16.0. The first kappa shape index (κ1) is 32.0. The fourth-order valence-corrected chi connectivity index (χ4v) is 6.76. The summed E-state index contributed by atoms with van der Waals surface area (Å²) < 4.78 is 42.3. The number of aliphatic hydroxyl groups excluding tert-OH is 1. The molecule has 2 aliphatic rings. The Balaban J connectivity index is 1.68. The minimum Gasteiger partial charge on any atom is -0.494 e. The molecule has 1 saturated heterocycles. The SMILES string of the molecule is COc1cc(OCCO)ccc1NC(=O)C1NC(CC(C)(C)C)C2(C(=O)Nc3c2ccc(Cl)c3F)C1c1cccc(Cl)c1F. The number of fused-ring (bicyclic) bond motifs is 2. The van der Waals surface area contributed by atoms with E-state index in [1.54, 1.807) is 30.3 Å². The number of anilines is 2. The molecule has 1 spiro atoms. The maximum Gasteiger partial charge on any atom is 0.242 e. The Bertz CT molecular complexity index is 1620. The minimum atomic E-state index is -1.62. The Morgan fingerprint density at radius 1 is 1.09 bits per heavy atom. The molecule has 2 heterocycles. The molecule has 2 aliphatic heterocycles. The molecule has 1 fully saturated rings. The lowest BCUT2D eigenvalue weighted by Gasteiger charge is -2.37. The van der Waals surface area contributed by atoms with Gasteiger partial charge in [-0.3, -0.25) is 9.59 Å². The van der Waals surface area contributed by atoms with E-state index in [1.165, 1.54) is 25.3 Å². The van der Waals surface area contributed by atoms with Crippen molar-refractivity contribution in [1.29, 1.82) is 0 Å². The molecule has 4 unspecified atom stereocenters. The average molecular weight is 649 g/mol. The fraction of sp³-hybridized carbons (Fsp3) is 0.375. The fourth-order valence-electron chi connectivity index (χ4n) is 6.42. The predicted octanol–water partition coefficient (Wildman–Crippen LogP) is 6.04. The highest BCUT2D eigenvalue weighted by molar-refractivity contribution is 6.31. The van der Waals surface area contributed by atoms with Crippen LogP contribution in [0.25, 0.3) is 0 Å². The van der Waals surface area contributed by atoms with Crippen molar-refractivity contribution in [2.45, 2.75) is 50.6 Å². The van der Waals surface area contributed by atoms with Crippen molar-refractivity contribution in [3.05, 3.63) is 81.3 Å². The summed E-state index contributed by atoms with van der Waals surface area (Å²) in [6.45, 7) is 5.82. The summed E-state index contributed by atoms with van der Waals surface area (Å²) in [7, 11) is 1.42. The van der Waals surface area contributed by atoms with E-state index in [-0.39, 0.29) is 51.2 Å². The summed E-state index contributed by atoms with van der Waals surface area (Å²) >= 11 is 12.3. The number of rotatable bonds is 8. The lowest BCUT2D eigenvalue weighted by atomic mass is 9.62. The van der Waals surface area contributed by atoms with E-state index in [0.717, 1.165) is 0 Å². The van der Waals surface area contributed by atoms with Crippen LogP contribution in [0.2, 0.25) is 10.0 Å². The summed E-state index contributed by atoms with van der Waals surface area (Å²) in [4.78, 5) is 28.5. The number of benzene rings is 3. The topological polar surface area (TPSA) is 109 Å². The van der Waals surface area contributed by atoms with Crippen LogP contribution in [0.3, 0.4) is 0 Å². The largest absolute Gasteiger partial charge is 0.494 e. The zero-order chi connectivity index (χ0) is 32.0. The van der Waals surface area contributed by atoms with Crippen molar-refractivity contribution in [3.8, 4) is 11.5 Å². The molecule has 234 valence electrons. The maximum atomic E-state index is 16.0. The number of amides is 2. The Morgan fingerprint density at radius 2 is 1.82 bits per heavy atom. The van der Waals surface area contributed by atoms with Gasteiger partial charge >= 0.3 is 0 Å². The third-order valence-electron chi connectivity index (χ3n) is 8.12. The smallest absolute Gasteiger partial charge is 0.242 e. The average Bonchev–Trinajstić information content (AvgIpc) is 3.46. The van der Waals surface area contributed by atoms with Crippen LogP contribution < -0.4 is 25.4 Å². The van der Waals surface area contributed by atoms with Gasteiger partial charge in [0.15, 0.2) is 5.82 Å². The van der Waals surface area contributed by atoms with E-state index in [9.17, 15) is 9.59 Å². The van der Waals surface area contributed by atoms with Crippen molar-refractivity contribution in [3.63, 3.8) is 0 Å². The first-order chi connectivity index (χ1) is 20.8. The van der Waals surface area contributed by atoms with Crippen LogP contribution in [0.15, 0.2) is 48.5 Å². The molecule has 4 atom stereocenters. The highest BCUT2D eigenvalue weighted by Gasteiger charge is 2.66. The van der Waals surface area contributed by atoms with Gasteiger partial charge in [0.05, 0.1) is 41.2 Å². The second kappa shape index (κ2) is 12.2. The monoisotopic (exact) mass is 647 g/mol. The summed E-state index contributed by atoms with van der Waals surface area (Å²) in [5.74, 6) is -3.23. The number of hydrogen-bond donors (Lipinski definition) is 4. The van der Waals surface area contributed by atoms with E-state index in [4.69, 9.17) is 37.8 Å². The van der Waals surface area contributed by atoms with E-state index >= 15 is 8.78 Å².